The topological polar surface area (TPSA) is 111 Å². The molecule has 0 saturated heterocycles. The van der Waals surface area contributed by atoms with Crippen molar-refractivity contribution >= 4 is 19.8 Å². The molecular formula is C44H84NO8P. The summed E-state index contributed by atoms with van der Waals surface area (Å²) < 4.78 is 33.7. The number of phosphoric acid groups is 1. The van der Waals surface area contributed by atoms with Gasteiger partial charge in [-0.25, -0.2) is 4.79 Å². The molecule has 0 aliphatic rings. The van der Waals surface area contributed by atoms with Gasteiger partial charge in [0, 0.05) is 12.5 Å². The second-order valence-electron chi connectivity index (χ2n) is 16.1. The van der Waals surface area contributed by atoms with Crippen molar-refractivity contribution < 1.29 is 42.1 Å². The van der Waals surface area contributed by atoms with Gasteiger partial charge in [-0.05, 0) is 19.3 Å². The Kier molecular flexibility index (Phi) is 36.1. The lowest BCUT2D eigenvalue weighted by Crippen LogP contribution is -2.37. The number of rotatable bonds is 40. The summed E-state index contributed by atoms with van der Waals surface area (Å²) in [7, 11) is 1.12. The minimum absolute atomic E-state index is 0.0444. The van der Waals surface area contributed by atoms with E-state index in [0.717, 1.165) is 32.1 Å². The summed E-state index contributed by atoms with van der Waals surface area (Å²) in [4.78, 5) is 37.4. The predicted molar refractivity (Wildman–Crippen MR) is 222 cm³/mol. The highest BCUT2D eigenvalue weighted by Crippen LogP contribution is 2.38. The Bertz CT molecular complexity index is 980. The van der Waals surface area contributed by atoms with E-state index in [1.54, 1.807) is 6.08 Å². The standard InChI is InChI=1S/C44H84NO8P/c1-6-8-10-12-14-16-18-20-22-24-26-28-30-32-34-36-43(46)50-40-42(41-52-54(48,49)51-39-38-45(3,4)5)53-44(47)37-35-33-31-29-27-25-23-21-19-17-15-13-11-9-7-2/h31,33,35,37,42H,6-30,32,34,36,38-41H2,1-5H3/b33-31+,37-35+/t42-/m1/s1. The van der Waals surface area contributed by atoms with E-state index in [9.17, 15) is 19.0 Å². The van der Waals surface area contributed by atoms with Gasteiger partial charge in [-0.3, -0.25) is 9.36 Å². The van der Waals surface area contributed by atoms with Crippen LogP contribution in [0.4, 0.5) is 0 Å². The van der Waals surface area contributed by atoms with Crippen LogP contribution in [0.2, 0.25) is 0 Å². The molecular weight excluding hydrogens is 701 g/mol. The molecule has 0 spiro atoms. The molecule has 54 heavy (non-hydrogen) atoms. The number of phosphoric ester groups is 1. The molecule has 318 valence electrons. The van der Waals surface area contributed by atoms with Crippen LogP contribution in [-0.4, -0.2) is 70.0 Å². The number of hydrogen-bond acceptors (Lipinski definition) is 8. The third-order valence-electron chi connectivity index (χ3n) is 9.58. The Morgan fingerprint density at radius 2 is 1.06 bits per heavy atom. The fraction of sp³-hybridized carbons (Fsp3) is 0.864. The molecule has 0 rings (SSSR count). The second kappa shape index (κ2) is 37.1. The van der Waals surface area contributed by atoms with Crippen molar-refractivity contribution in [2.45, 2.75) is 200 Å². The Labute approximate surface area is 332 Å². The van der Waals surface area contributed by atoms with Crippen molar-refractivity contribution in [1.82, 2.24) is 0 Å². The number of hydrogen-bond donors (Lipinski definition) is 0. The molecule has 0 aliphatic carbocycles. The van der Waals surface area contributed by atoms with E-state index < -0.39 is 32.5 Å². The fourth-order valence-electron chi connectivity index (χ4n) is 6.09. The largest absolute Gasteiger partial charge is 0.756 e. The number of carbonyl (C=O) groups is 2. The monoisotopic (exact) mass is 786 g/mol. The Balaban J connectivity index is 4.44. The number of quaternary nitrogens is 1. The van der Waals surface area contributed by atoms with Gasteiger partial charge in [0.2, 0.25) is 0 Å². The summed E-state index contributed by atoms with van der Waals surface area (Å²) in [6.07, 6.45) is 39.8. The van der Waals surface area contributed by atoms with Gasteiger partial charge in [0.25, 0.3) is 7.82 Å². The van der Waals surface area contributed by atoms with Gasteiger partial charge in [0.15, 0.2) is 6.10 Å². The summed E-state index contributed by atoms with van der Waals surface area (Å²) in [5.74, 6) is -1.08. The van der Waals surface area contributed by atoms with Gasteiger partial charge in [-0.1, -0.05) is 186 Å². The Morgan fingerprint density at radius 1 is 0.611 bits per heavy atom. The first kappa shape index (κ1) is 52.5. The smallest absolute Gasteiger partial charge is 0.331 e. The number of carbonyl (C=O) groups excluding carboxylic acids is 2. The van der Waals surface area contributed by atoms with Crippen molar-refractivity contribution in [3.63, 3.8) is 0 Å². The maximum atomic E-state index is 12.5. The number of allylic oxidation sites excluding steroid dienone is 3. The number of nitrogens with zero attached hydrogens (tertiary/aromatic N) is 1. The summed E-state index contributed by atoms with van der Waals surface area (Å²) in [5, 5.41) is 0. The Morgan fingerprint density at radius 3 is 1.52 bits per heavy atom. The maximum Gasteiger partial charge on any atom is 0.331 e. The number of esters is 2. The summed E-state index contributed by atoms with van der Waals surface area (Å²) in [6, 6.07) is 0. The van der Waals surface area contributed by atoms with E-state index in [2.05, 4.69) is 13.8 Å². The van der Waals surface area contributed by atoms with Gasteiger partial charge < -0.3 is 27.9 Å². The number of unbranched alkanes of at least 4 members (excludes halogenated alkanes) is 25. The zero-order valence-corrected chi connectivity index (χ0v) is 36.6. The van der Waals surface area contributed by atoms with Crippen LogP contribution in [0.3, 0.4) is 0 Å². The van der Waals surface area contributed by atoms with Crippen LogP contribution < -0.4 is 4.89 Å². The quantitative estimate of drug-likeness (QED) is 0.0151. The normalized spacial score (nSPS) is 13.8. The highest BCUT2D eigenvalue weighted by Gasteiger charge is 2.21. The second-order valence-corrected chi connectivity index (χ2v) is 17.6. The molecule has 0 aromatic carbocycles. The summed E-state index contributed by atoms with van der Waals surface area (Å²) in [6.45, 7) is 4.12. The molecule has 2 atom stereocenters. The minimum atomic E-state index is -4.64. The highest BCUT2D eigenvalue weighted by atomic mass is 31.2. The maximum absolute atomic E-state index is 12.5. The van der Waals surface area contributed by atoms with Crippen LogP contribution in [0.15, 0.2) is 24.3 Å². The minimum Gasteiger partial charge on any atom is -0.756 e. The first-order chi connectivity index (χ1) is 26.0. The van der Waals surface area contributed by atoms with Crippen molar-refractivity contribution in [2.24, 2.45) is 0 Å². The van der Waals surface area contributed by atoms with Gasteiger partial charge in [0.1, 0.15) is 19.8 Å². The van der Waals surface area contributed by atoms with Crippen LogP contribution in [0.5, 0.6) is 0 Å². The Hall–Kier alpha value is -1.51. The van der Waals surface area contributed by atoms with Gasteiger partial charge in [0.05, 0.1) is 27.7 Å². The summed E-state index contributed by atoms with van der Waals surface area (Å²) in [5.41, 5.74) is 0. The van der Waals surface area contributed by atoms with E-state index in [1.807, 2.05) is 33.3 Å². The summed E-state index contributed by atoms with van der Waals surface area (Å²) >= 11 is 0. The van der Waals surface area contributed by atoms with Crippen molar-refractivity contribution in [2.75, 3.05) is 47.5 Å². The molecule has 1 unspecified atom stereocenters. The molecule has 0 aromatic heterocycles. The number of ether oxygens (including phenoxy) is 2. The third-order valence-corrected chi connectivity index (χ3v) is 10.5. The molecule has 10 heteroatoms. The van der Waals surface area contributed by atoms with E-state index in [-0.39, 0.29) is 19.6 Å². The van der Waals surface area contributed by atoms with Crippen molar-refractivity contribution in [1.29, 1.82) is 0 Å². The van der Waals surface area contributed by atoms with E-state index in [1.165, 1.54) is 147 Å². The molecule has 0 saturated carbocycles. The van der Waals surface area contributed by atoms with Gasteiger partial charge in [-0.15, -0.1) is 0 Å². The average molecular weight is 786 g/mol. The molecule has 0 aliphatic heterocycles. The van der Waals surface area contributed by atoms with Crippen molar-refractivity contribution in [3.05, 3.63) is 24.3 Å². The molecule has 9 nitrogen and oxygen atoms in total. The van der Waals surface area contributed by atoms with Crippen LogP contribution in [0, 0.1) is 0 Å². The molecule has 0 amide bonds. The number of likely N-dealkylation sites (N-methyl/N-ethyl adjacent to an activating group) is 1. The van der Waals surface area contributed by atoms with Gasteiger partial charge >= 0.3 is 11.9 Å². The first-order valence-corrected chi connectivity index (χ1v) is 23.5. The molecule has 0 bridgehead atoms. The molecule has 0 N–H and O–H groups in total. The van der Waals surface area contributed by atoms with Gasteiger partial charge in [-0.2, -0.15) is 0 Å². The fourth-order valence-corrected chi connectivity index (χ4v) is 6.82. The van der Waals surface area contributed by atoms with Crippen molar-refractivity contribution in [3.8, 4) is 0 Å². The van der Waals surface area contributed by atoms with Crippen LogP contribution >= 0.6 is 7.82 Å². The molecule has 0 aromatic rings. The molecule has 0 heterocycles. The lowest BCUT2D eigenvalue weighted by molar-refractivity contribution is -0.870. The lowest BCUT2D eigenvalue weighted by atomic mass is 10.0. The molecule has 0 fully saturated rings. The SMILES string of the molecule is CCCCCCCCCCCCC/C=C/C=C/C(=O)O[C@H](COC(=O)CCCCCCCCCCCCCCCCC)COP(=O)([O-])OCC[N+](C)(C)C. The zero-order chi connectivity index (χ0) is 40.0. The van der Waals surface area contributed by atoms with Crippen LogP contribution in [0.25, 0.3) is 0 Å². The molecule has 0 radical (unpaired) electrons. The predicted octanol–water partition coefficient (Wildman–Crippen LogP) is 11.7. The zero-order valence-electron chi connectivity index (χ0n) is 35.7. The van der Waals surface area contributed by atoms with E-state index in [4.69, 9.17) is 18.5 Å². The van der Waals surface area contributed by atoms with E-state index in [0.29, 0.717) is 11.0 Å². The third kappa shape index (κ3) is 40.2. The highest BCUT2D eigenvalue weighted by molar-refractivity contribution is 7.45. The van der Waals surface area contributed by atoms with Crippen LogP contribution in [-0.2, 0) is 32.7 Å². The first-order valence-electron chi connectivity index (χ1n) is 22.1. The van der Waals surface area contributed by atoms with Crippen LogP contribution in [0.1, 0.15) is 194 Å². The van der Waals surface area contributed by atoms with E-state index >= 15 is 0 Å². The lowest BCUT2D eigenvalue weighted by Gasteiger charge is -2.28. The average Bonchev–Trinajstić information content (AvgIpc) is 3.12.